The van der Waals surface area contributed by atoms with E-state index in [0.717, 1.165) is 35.4 Å². The van der Waals surface area contributed by atoms with Gasteiger partial charge in [0, 0.05) is 41.8 Å². The number of aromatic nitrogens is 3. The standard InChI is InChI=1S/C17H18N4O2/c22-11-14-10-16(21-5-7-23-8-6-21)20-17(19-14)13-1-2-15-12(9-13)3-4-18-15/h1-4,9-10,18,22H,5-8,11H2. The lowest BCUT2D eigenvalue weighted by Gasteiger charge is -2.28. The summed E-state index contributed by atoms with van der Waals surface area (Å²) in [4.78, 5) is 14.5. The van der Waals surface area contributed by atoms with Crippen molar-refractivity contribution in [3.63, 3.8) is 0 Å². The van der Waals surface area contributed by atoms with Crippen LogP contribution in [0, 0.1) is 0 Å². The smallest absolute Gasteiger partial charge is 0.161 e. The normalized spacial score (nSPS) is 15.3. The quantitative estimate of drug-likeness (QED) is 0.773. The van der Waals surface area contributed by atoms with Crippen LogP contribution < -0.4 is 4.90 Å². The zero-order valence-electron chi connectivity index (χ0n) is 12.7. The first-order valence-corrected chi connectivity index (χ1v) is 7.72. The van der Waals surface area contributed by atoms with E-state index in [1.165, 1.54) is 0 Å². The molecule has 1 aliphatic rings. The van der Waals surface area contributed by atoms with Crippen molar-refractivity contribution in [2.45, 2.75) is 6.61 Å². The maximum absolute atomic E-state index is 9.53. The minimum atomic E-state index is -0.0980. The monoisotopic (exact) mass is 310 g/mol. The third-order valence-corrected chi connectivity index (χ3v) is 4.07. The Labute approximate surface area is 133 Å². The van der Waals surface area contributed by atoms with Crippen molar-refractivity contribution >= 4 is 16.7 Å². The van der Waals surface area contributed by atoms with Crippen LogP contribution in [0.25, 0.3) is 22.3 Å². The molecule has 3 heterocycles. The predicted octanol–water partition coefficient (Wildman–Crippen LogP) is 1.95. The van der Waals surface area contributed by atoms with Gasteiger partial charge in [0.25, 0.3) is 0 Å². The summed E-state index contributed by atoms with van der Waals surface area (Å²) < 4.78 is 5.39. The second-order valence-corrected chi connectivity index (χ2v) is 5.58. The molecule has 0 saturated carbocycles. The lowest BCUT2D eigenvalue weighted by atomic mass is 10.1. The topological polar surface area (TPSA) is 74.3 Å². The number of anilines is 1. The van der Waals surface area contributed by atoms with Crippen LogP contribution in [-0.2, 0) is 11.3 Å². The van der Waals surface area contributed by atoms with Crippen LogP contribution in [0.5, 0.6) is 0 Å². The van der Waals surface area contributed by atoms with Gasteiger partial charge in [-0.25, -0.2) is 9.97 Å². The lowest BCUT2D eigenvalue weighted by molar-refractivity contribution is 0.122. The average molecular weight is 310 g/mol. The predicted molar refractivity (Wildman–Crippen MR) is 88.3 cm³/mol. The molecule has 3 aromatic rings. The molecule has 4 rings (SSSR count). The second-order valence-electron chi connectivity index (χ2n) is 5.58. The molecule has 0 bridgehead atoms. The molecule has 1 fully saturated rings. The summed E-state index contributed by atoms with van der Waals surface area (Å²) in [5.41, 5.74) is 2.66. The highest BCUT2D eigenvalue weighted by Gasteiger charge is 2.15. The number of hydrogen-bond acceptors (Lipinski definition) is 5. The van der Waals surface area contributed by atoms with Crippen molar-refractivity contribution in [1.82, 2.24) is 15.0 Å². The molecule has 2 N–H and O–H groups in total. The number of nitrogens with one attached hydrogen (secondary N) is 1. The number of ether oxygens (including phenoxy) is 1. The summed E-state index contributed by atoms with van der Waals surface area (Å²) in [7, 11) is 0. The second kappa shape index (κ2) is 5.98. The molecule has 23 heavy (non-hydrogen) atoms. The molecule has 0 radical (unpaired) electrons. The number of morpholine rings is 1. The highest BCUT2D eigenvalue weighted by atomic mass is 16.5. The number of benzene rings is 1. The molecule has 0 atom stereocenters. The highest BCUT2D eigenvalue weighted by Crippen LogP contribution is 2.24. The lowest BCUT2D eigenvalue weighted by Crippen LogP contribution is -2.37. The number of hydrogen-bond donors (Lipinski definition) is 2. The number of rotatable bonds is 3. The Hall–Kier alpha value is -2.44. The van der Waals surface area contributed by atoms with Gasteiger partial charge in [0.2, 0.25) is 0 Å². The average Bonchev–Trinajstić information content (AvgIpc) is 3.09. The van der Waals surface area contributed by atoms with Crippen LogP contribution in [0.1, 0.15) is 5.69 Å². The molecule has 0 unspecified atom stereocenters. The van der Waals surface area contributed by atoms with Crippen molar-refractivity contribution in [2.24, 2.45) is 0 Å². The van der Waals surface area contributed by atoms with E-state index in [1.54, 1.807) is 0 Å². The maximum Gasteiger partial charge on any atom is 0.161 e. The fourth-order valence-corrected chi connectivity index (χ4v) is 2.84. The molecule has 1 aromatic carbocycles. The summed E-state index contributed by atoms with van der Waals surface area (Å²) >= 11 is 0. The van der Waals surface area contributed by atoms with Crippen LogP contribution in [0.4, 0.5) is 5.82 Å². The third-order valence-electron chi connectivity index (χ3n) is 4.07. The Balaban J connectivity index is 1.77. The zero-order chi connectivity index (χ0) is 15.6. The number of aliphatic hydroxyl groups excluding tert-OH is 1. The van der Waals surface area contributed by atoms with Gasteiger partial charge in [0.15, 0.2) is 5.82 Å². The van der Waals surface area contributed by atoms with Crippen LogP contribution in [-0.4, -0.2) is 46.4 Å². The van der Waals surface area contributed by atoms with E-state index in [4.69, 9.17) is 9.72 Å². The molecule has 0 spiro atoms. The van der Waals surface area contributed by atoms with Crippen molar-refractivity contribution in [2.75, 3.05) is 31.2 Å². The molecule has 2 aromatic heterocycles. The number of fused-ring (bicyclic) bond motifs is 1. The minimum Gasteiger partial charge on any atom is -0.390 e. The molecule has 6 heteroatoms. The van der Waals surface area contributed by atoms with Gasteiger partial charge in [-0.05, 0) is 24.3 Å². The molecule has 6 nitrogen and oxygen atoms in total. The molecule has 118 valence electrons. The van der Waals surface area contributed by atoms with Crippen molar-refractivity contribution in [3.8, 4) is 11.4 Å². The number of H-pyrrole nitrogens is 1. The van der Waals surface area contributed by atoms with Gasteiger partial charge in [-0.3, -0.25) is 0 Å². The highest BCUT2D eigenvalue weighted by molar-refractivity contribution is 5.84. The Morgan fingerprint density at radius 2 is 2.00 bits per heavy atom. The van der Waals surface area contributed by atoms with Gasteiger partial charge < -0.3 is 19.7 Å². The largest absolute Gasteiger partial charge is 0.390 e. The molecule has 1 saturated heterocycles. The summed E-state index contributed by atoms with van der Waals surface area (Å²) in [5, 5.41) is 10.7. The molecule has 1 aliphatic heterocycles. The van der Waals surface area contributed by atoms with Gasteiger partial charge in [-0.1, -0.05) is 0 Å². The first-order chi connectivity index (χ1) is 11.3. The van der Waals surface area contributed by atoms with E-state index in [9.17, 15) is 5.11 Å². The molecular weight excluding hydrogens is 292 g/mol. The molecular formula is C17H18N4O2. The van der Waals surface area contributed by atoms with Gasteiger partial charge in [0.1, 0.15) is 5.82 Å². The van der Waals surface area contributed by atoms with Gasteiger partial charge in [-0.2, -0.15) is 0 Å². The van der Waals surface area contributed by atoms with E-state index < -0.39 is 0 Å². The van der Waals surface area contributed by atoms with Crippen molar-refractivity contribution in [3.05, 3.63) is 42.2 Å². The third kappa shape index (κ3) is 2.78. The van der Waals surface area contributed by atoms with E-state index in [-0.39, 0.29) is 6.61 Å². The van der Waals surface area contributed by atoms with Crippen molar-refractivity contribution in [1.29, 1.82) is 0 Å². The van der Waals surface area contributed by atoms with E-state index in [2.05, 4.69) is 20.9 Å². The fourth-order valence-electron chi connectivity index (χ4n) is 2.84. The van der Waals surface area contributed by atoms with Crippen LogP contribution in [0.2, 0.25) is 0 Å². The van der Waals surface area contributed by atoms with Crippen molar-refractivity contribution < 1.29 is 9.84 Å². The van der Waals surface area contributed by atoms with Gasteiger partial charge in [0.05, 0.1) is 25.5 Å². The number of nitrogens with zero attached hydrogens (tertiary/aromatic N) is 3. The summed E-state index contributed by atoms with van der Waals surface area (Å²) in [6.45, 7) is 2.90. The number of aliphatic hydroxyl groups is 1. The van der Waals surface area contributed by atoms with Crippen LogP contribution >= 0.6 is 0 Å². The maximum atomic E-state index is 9.53. The van der Waals surface area contributed by atoms with Gasteiger partial charge >= 0.3 is 0 Å². The van der Waals surface area contributed by atoms with Crippen LogP contribution in [0.15, 0.2) is 36.5 Å². The Bertz CT molecular complexity index is 824. The first kappa shape index (κ1) is 14.2. The molecule has 0 aliphatic carbocycles. The van der Waals surface area contributed by atoms with E-state index in [1.807, 2.05) is 30.5 Å². The van der Waals surface area contributed by atoms with Gasteiger partial charge in [-0.15, -0.1) is 0 Å². The minimum absolute atomic E-state index is 0.0980. The Kier molecular flexibility index (Phi) is 3.69. The number of aromatic amines is 1. The summed E-state index contributed by atoms with van der Waals surface area (Å²) in [6.07, 6.45) is 1.92. The SMILES string of the molecule is OCc1cc(N2CCOCC2)nc(-c2ccc3[nH]ccc3c2)n1. The fraction of sp³-hybridized carbons (Fsp3) is 0.294. The zero-order valence-corrected chi connectivity index (χ0v) is 12.7. The Morgan fingerprint density at radius 3 is 2.83 bits per heavy atom. The van der Waals surface area contributed by atoms with Crippen LogP contribution in [0.3, 0.4) is 0 Å². The Morgan fingerprint density at radius 1 is 1.13 bits per heavy atom. The van der Waals surface area contributed by atoms with E-state index >= 15 is 0 Å². The molecule has 0 amide bonds. The summed E-state index contributed by atoms with van der Waals surface area (Å²) in [5.74, 6) is 1.48. The summed E-state index contributed by atoms with van der Waals surface area (Å²) in [6, 6.07) is 9.96. The first-order valence-electron chi connectivity index (χ1n) is 7.72. The van der Waals surface area contributed by atoms with E-state index in [0.29, 0.717) is 24.7 Å².